The second-order valence-corrected chi connectivity index (χ2v) is 5.33. The van der Waals surface area contributed by atoms with E-state index in [0.29, 0.717) is 18.8 Å². The number of nitrogens with zero attached hydrogens (tertiary/aromatic N) is 5. The summed E-state index contributed by atoms with van der Waals surface area (Å²) < 4.78 is 6.65. The fourth-order valence-corrected chi connectivity index (χ4v) is 2.84. The summed E-state index contributed by atoms with van der Waals surface area (Å²) in [5, 5.41) is 4.22. The number of nitrogens with one attached hydrogen (secondary N) is 1. The Labute approximate surface area is 125 Å². The van der Waals surface area contributed by atoms with E-state index in [1.54, 1.807) is 15.9 Å². The molecule has 1 amide bonds. The van der Waals surface area contributed by atoms with Crippen LogP contribution in [-0.4, -0.2) is 42.1 Å². The Morgan fingerprint density at radius 3 is 3.09 bits per heavy atom. The van der Waals surface area contributed by atoms with Gasteiger partial charge in [0.25, 0.3) is 5.91 Å². The largest absolute Gasteiger partial charge is 0.451 e. The molecular weight excluding hydrogens is 284 g/mol. The average molecular weight is 298 g/mol. The van der Waals surface area contributed by atoms with Crippen LogP contribution in [0.4, 0.5) is 0 Å². The molecule has 0 spiro atoms. The quantitative estimate of drug-likeness (QED) is 0.759. The molecule has 0 aromatic carbocycles. The molecule has 4 heterocycles. The number of aromatic nitrogens is 5. The first kappa shape index (κ1) is 12.8. The van der Waals surface area contributed by atoms with Gasteiger partial charge < -0.3 is 14.3 Å². The number of carbonyl (C=O) groups excluding carboxylic acids is 1. The topological polar surface area (TPSA) is 92.8 Å². The van der Waals surface area contributed by atoms with Crippen LogP contribution >= 0.6 is 0 Å². The monoisotopic (exact) mass is 298 g/mol. The molecule has 112 valence electrons. The van der Waals surface area contributed by atoms with Crippen molar-refractivity contribution in [2.24, 2.45) is 7.05 Å². The summed E-state index contributed by atoms with van der Waals surface area (Å²) in [5.41, 5.74) is 3.26. The van der Waals surface area contributed by atoms with Crippen molar-refractivity contribution in [2.75, 3.05) is 6.54 Å². The van der Waals surface area contributed by atoms with Gasteiger partial charge >= 0.3 is 0 Å². The normalized spacial score (nSPS) is 17.5. The van der Waals surface area contributed by atoms with Crippen molar-refractivity contribution >= 4 is 5.91 Å². The second kappa shape index (κ2) is 4.83. The van der Waals surface area contributed by atoms with Crippen LogP contribution in [0.15, 0.2) is 35.8 Å². The molecule has 0 aliphatic carbocycles. The molecule has 22 heavy (non-hydrogen) atoms. The van der Waals surface area contributed by atoms with E-state index in [0.717, 1.165) is 17.0 Å². The van der Waals surface area contributed by atoms with E-state index < -0.39 is 0 Å². The van der Waals surface area contributed by atoms with E-state index in [-0.39, 0.29) is 11.8 Å². The molecule has 1 atom stereocenters. The van der Waals surface area contributed by atoms with Gasteiger partial charge in [-0.3, -0.25) is 9.48 Å². The van der Waals surface area contributed by atoms with Gasteiger partial charge in [0.15, 0.2) is 12.1 Å². The predicted octanol–water partition coefficient (Wildman–Crippen LogP) is 0.919. The molecule has 0 fully saturated rings. The minimum atomic E-state index is -0.150. The first-order chi connectivity index (χ1) is 10.7. The van der Waals surface area contributed by atoms with Gasteiger partial charge in [-0.25, -0.2) is 9.97 Å². The maximum absolute atomic E-state index is 12.5. The SMILES string of the molecule is Cn1cc(C2CN(C(=O)c3cocn3)Cc3[nH]cnc32)cn1. The van der Waals surface area contributed by atoms with Crippen molar-refractivity contribution in [2.45, 2.75) is 12.5 Å². The number of imidazole rings is 1. The zero-order valence-corrected chi connectivity index (χ0v) is 11.9. The number of oxazole rings is 1. The highest BCUT2D eigenvalue weighted by atomic mass is 16.3. The van der Waals surface area contributed by atoms with Crippen molar-refractivity contribution < 1.29 is 9.21 Å². The number of H-pyrrole nitrogens is 1. The van der Waals surface area contributed by atoms with Gasteiger partial charge in [0.1, 0.15) is 6.26 Å². The number of aryl methyl sites for hydroxylation is 1. The van der Waals surface area contributed by atoms with E-state index >= 15 is 0 Å². The summed E-state index contributed by atoms with van der Waals surface area (Å²) in [5.74, 6) is -0.151. The minimum Gasteiger partial charge on any atom is -0.451 e. The van der Waals surface area contributed by atoms with Gasteiger partial charge in [-0.1, -0.05) is 0 Å². The van der Waals surface area contributed by atoms with Crippen molar-refractivity contribution in [3.8, 4) is 0 Å². The van der Waals surface area contributed by atoms with Gasteiger partial charge in [-0.15, -0.1) is 0 Å². The zero-order chi connectivity index (χ0) is 15.1. The molecule has 0 bridgehead atoms. The van der Waals surface area contributed by atoms with Gasteiger partial charge in [0.2, 0.25) is 0 Å². The fraction of sp³-hybridized carbons (Fsp3) is 0.286. The first-order valence-electron chi connectivity index (χ1n) is 6.90. The van der Waals surface area contributed by atoms with Crippen molar-refractivity contribution in [1.82, 2.24) is 29.6 Å². The Bertz CT molecular complexity index is 803. The smallest absolute Gasteiger partial charge is 0.276 e. The molecule has 0 saturated carbocycles. The van der Waals surface area contributed by atoms with E-state index in [1.807, 2.05) is 19.4 Å². The van der Waals surface area contributed by atoms with E-state index in [1.165, 1.54) is 12.7 Å². The summed E-state index contributed by atoms with van der Waals surface area (Å²) >= 11 is 0. The standard InChI is InChI=1S/C14H14N6O2/c1-19-3-9(2-18-19)10-4-20(5-11-13(10)16-7-15-11)14(21)12-6-22-8-17-12/h2-3,6-8,10H,4-5H2,1H3,(H,15,16). The third-order valence-corrected chi connectivity index (χ3v) is 3.90. The Hall–Kier alpha value is -2.90. The molecule has 1 aliphatic rings. The van der Waals surface area contributed by atoms with Crippen LogP contribution in [0.2, 0.25) is 0 Å². The van der Waals surface area contributed by atoms with E-state index in [9.17, 15) is 4.79 Å². The summed E-state index contributed by atoms with van der Waals surface area (Å²) in [6, 6.07) is 0. The highest BCUT2D eigenvalue weighted by Gasteiger charge is 2.33. The molecule has 8 nitrogen and oxygen atoms in total. The lowest BCUT2D eigenvalue weighted by molar-refractivity contribution is 0.0716. The van der Waals surface area contributed by atoms with Gasteiger partial charge in [0.05, 0.1) is 30.5 Å². The Morgan fingerprint density at radius 2 is 2.36 bits per heavy atom. The Morgan fingerprint density at radius 1 is 1.45 bits per heavy atom. The number of hydrogen-bond donors (Lipinski definition) is 1. The molecule has 1 unspecified atom stereocenters. The van der Waals surface area contributed by atoms with Gasteiger partial charge in [0, 0.05) is 31.3 Å². The van der Waals surface area contributed by atoms with Crippen LogP contribution in [-0.2, 0) is 13.6 Å². The van der Waals surface area contributed by atoms with Crippen LogP contribution in [0.1, 0.15) is 33.4 Å². The third kappa shape index (κ3) is 2.00. The van der Waals surface area contributed by atoms with Crippen molar-refractivity contribution in [3.63, 3.8) is 0 Å². The molecule has 1 aliphatic heterocycles. The Kier molecular flexibility index (Phi) is 2.81. The van der Waals surface area contributed by atoms with Crippen molar-refractivity contribution in [1.29, 1.82) is 0 Å². The lowest BCUT2D eigenvalue weighted by atomic mass is 9.93. The first-order valence-corrected chi connectivity index (χ1v) is 6.90. The number of amides is 1. The van der Waals surface area contributed by atoms with Crippen LogP contribution in [0, 0.1) is 0 Å². The van der Waals surface area contributed by atoms with Crippen LogP contribution in [0.5, 0.6) is 0 Å². The number of rotatable bonds is 2. The number of carbonyl (C=O) groups is 1. The highest BCUT2D eigenvalue weighted by Crippen LogP contribution is 2.31. The predicted molar refractivity (Wildman–Crippen MR) is 74.9 cm³/mol. The van der Waals surface area contributed by atoms with E-state index in [4.69, 9.17) is 4.42 Å². The van der Waals surface area contributed by atoms with Crippen LogP contribution in [0.3, 0.4) is 0 Å². The summed E-state index contributed by atoms with van der Waals surface area (Å²) in [6.07, 6.45) is 8.06. The fourth-order valence-electron chi connectivity index (χ4n) is 2.84. The lowest BCUT2D eigenvalue weighted by Gasteiger charge is -2.31. The average Bonchev–Trinajstić information content (AvgIpc) is 3.26. The minimum absolute atomic E-state index is 0.000416. The summed E-state index contributed by atoms with van der Waals surface area (Å²) in [7, 11) is 1.87. The maximum Gasteiger partial charge on any atom is 0.276 e. The maximum atomic E-state index is 12.5. The summed E-state index contributed by atoms with van der Waals surface area (Å²) in [6.45, 7) is 1.02. The van der Waals surface area contributed by atoms with Crippen molar-refractivity contribution in [3.05, 3.63) is 54.0 Å². The second-order valence-electron chi connectivity index (χ2n) is 5.33. The number of fused-ring (bicyclic) bond motifs is 1. The molecule has 0 radical (unpaired) electrons. The van der Waals surface area contributed by atoms with Gasteiger partial charge in [-0.2, -0.15) is 5.10 Å². The lowest BCUT2D eigenvalue weighted by Crippen LogP contribution is -2.38. The molecule has 8 heteroatoms. The Balaban J connectivity index is 1.69. The molecule has 3 aromatic rings. The summed E-state index contributed by atoms with van der Waals surface area (Å²) in [4.78, 5) is 25.7. The molecule has 0 saturated heterocycles. The third-order valence-electron chi connectivity index (χ3n) is 3.90. The van der Waals surface area contributed by atoms with Crippen LogP contribution < -0.4 is 0 Å². The molecule has 1 N–H and O–H groups in total. The van der Waals surface area contributed by atoms with Gasteiger partial charge in [-0.05, 0) is 0 Å². The molecule has 4 rings (SSSR count). The highest BCUT2D eigenvalue weighted by molar-refractivity contribution is 5.92. The molecular formula is C14H14N6O2. The number of aromatic amines is 1. The molecule has 3 aromatic heterocycles. The van der Waals surface area contributed by atoms with Crippen LogP contribution in [0.25, 0.3) is 0 Å². The zero-order valence-electron chi connectivity index (χ0n) is 11.9. The number of hydrogen-bond acceptors (Lipinski definition) is 5. The van der Waals surface area contributed by atoms with E-state index in [2.05, 4.69) is 20.1 Å².